The number of ketones is 1. The summed E-state index contributed by atoms with van der Waals surface area (Å²) in [6, 6.07) is 11.7. The van der Waals surface area contributed by atoms with Gasteiger partial charge < -0.3 is 5.32 Å². The highest BCUT2D eigenvalue weighted by atomic mass is 32.1. The van der Waals surface area contributed by atoms with Gasteiger partial charge in [-0.1, -0.05) is 18.2 Å². The number of carbonyl (C=O) groups excluding carboxylic acids is 1. The van der Waals surface area contributed by atoms with Crippen LogP contribution in [-0.2, 0) is 0 Å². The maximum atomic E-state index is 11.9. The van der Waals surface area contributed by atoms with Crippen molar-refractivity contribution in [1.29, 1.82) is 0 Å². The second kappa shape index (κ2) is 4.16. The first-order chi connectivity index (χ1) is 8.33. The molecule has 3 N–H and O–H groups in total. The molecule has 1 aromatic carbocycles. The van der Waals surface area contributed by atoms with Gasteiger partial charge >= 0.3 is 0 Å². The number of benzene rings is 1. The lowest BCUT2D eigenvalue weighted by Gasteiger charge is -1.93. The third-order valence-corrected chi connectivity index (χ3v) is 3.49. The Morgan fingerprint density at radius 2 is 2.12 bits per heavy atom. The highest BCUT2D eigenvalue weighted by Gasteiger charge is 2.19. The van der Waals surface area contributed by atoms with Crippen LogP contribution in [0.5, 0.6) is 0 Å². The molecule has 3 nitrogen and oxygen atoms in total. The smallest absolute Gasteiger partial charge is 0.211 e. The van der Waals surface area contributed by atoms with Crippen LogP contribution in [0.2, 0.25) is 0 Å². The highest BCUT2D eigenvalue weighted by Crippen LogP contribution is 2.22. The molecule has 1 aliphatic rings. The first-order valence-electron chi connectivity index (χ1n) is 5.33. The molecule has 0 saturated carbocycles. The van der Waals surface area contributed by atoms with Gasteiger partial charge in [-0.15, -0.1) is 11.3 Å². The standard InChI is InChI=1S/C13H10N2OS/c16-11(12-6-3-7-17-12)8-13-14-9-4-1-2-5-10(9)15-13/h1-8,14-15H/p+1. The molecule has 0 aliphatic carbocycles. The van der Waals surface area contributed by atoms with Gasteiger partial charge in [0.05, 0.1) is 11.0 Å². The molecule has 1 aliphatic heterocycles. The van der Waals surface area contributed by atoms with Crippen molar-refractivity contribution >= 4 is 28.5 Å². The van der Waals surface area contributed by atoms with Gasteiger partial charge in [0.2, 0.25) is 11.6 Å². The molecule has 3 rings (SSSR count). The molecule has 84 valence electrons. The summed E-state index contributed by atoms with van der Waals surface area (Å²) >= 11 is 1.46. The lowest BCUT2D eigenvalue weighted by molar-refractivity contribution is -0.508. The van der Waals surface area contributed by atoms with E-state index in [9.17, 15) is 4.79 Å². The summed E-state index contributed by atoms with van der Waals surface area (Å²) in [4.78, 5) is 12.7. The van der Waals surface area contributed by atoms with Crippen molar-refractivity contribution < 1.29 is 10.1 Å². The summed E-state index contributed by atoms with van der Waals surface area (Å²) in [5.74, 6) is 0.899. The number of allylic oxidation sites excluding steroid dienone is 1. The van der Waals surface area contributed by atoms with Crippen LogP contribution < -0.4 is 10.6 Å². The maximum Gasteiger partial charge on any atom is 0.211 e. The quantitative estimate of drug-likeness (QED) is 0.482. The zero-order valence-corrected chi connectivity index (χ0v) is 9.83. The van der Waals surface area contributed by atoms with E-state index in [0.29, 0.717) is 0 Å². The Morgan fingerprint density at radius 1 is 1.24 bits per heavy atom. The predicted octanol–water partition coefficient (Wildman–Crippen LogP) is 2.09. The molecule has 0 fully saturated rings. The van der Waals surface area contributed by atoms with Crippen LogP contribution in [0.25, 0.3) is 0 Å². The minimum absolute atomic E-state index is 0.0477. The van der Waals surface area contributed by atoms with E-state index in [1.165, 1.54) is 11.3 Å². The number of para-hydroxylation sites is 2. The molecule has 0 atom stereocenters. The highest BCUT2D eigenvalue weighted by molar-refractivity contribution is 7.12. The fourth-order valence-electron chi connectivity index (χ4n) is 1.80. The second-order valence-corrected chi connectivity index (χ2v) is 4.75. The summed E-state index contributed by atoms with van der Waals surface area (Å²) < 4.78 is 0. The van der Waals surface area contributed by atoms with Crippen molar-refractivity contribution in [3.8, 4) is 0 Å². The van der Waals surface area contributed by atoms with Gasteiger partial charge in [-0.3, -0.25) is 10.1 Å². The average molecular weight is 243 g/mol. The molecule has 0 amide bonds. The van der Waals surface area contributed by atoms with E-state index >= 15 is 0 Å². The Hall–Kier alpha value is -1.91. The van der Waals surface area contributed by atoms with Crippen molar-refractivity contribution in [2.75, 3.05) is 5.32 Å². The summed E-state index contributed by atoms with van der Waals surface area (Å²) in [7, 11) is 0. The van der Waals surface area contributed by atoms with E-state index in [0.717, 1.165) is 22.1 Å². The molecular formula is C13H11N2OS+. The van der Waals surface area contributed by atoms with Crippen LogP contribution in [-0.4, -0.2) is 5.78 Å². The second-order valence-electron chi connectivity index (χ2n) is 3.80. The Morgan fingerprint density at radius 3 is 2.88 bits per heavy atom. The van der Waals surface area contributed by atoms with Crippen LogP contribution in [0.1, 0.15) is 9.67 Å². The Balaban J connectivity index is 1.83. The van der Waals surface area contributed by atoms with Gasteiger partial charge in [0, 0.05) is 6.07 Å². The molecule has 0 unspecified atom stereocenters. The average Bonchev–Trinajstić information content (AvgIpc) is 2.97. The van der Waals surface area contributed by atoms with Gasteiger partial charge in [0.15, 0.2) is 5.69 Å². The van der Waals surface area contributed by atoms with Gasteiger partial charge in [-0.25, -0.2) is 0 Å². The van der Waals surface area contributed by atoms with E-state index in [4.69, 9.17) is 0 Å². The zero-order chi connectivity index (χ0) is 11.7. The van der Waals surface area contributed by atoms with Gasteiger partial charge in [-0.2, -0.15) is 0 Å². The number of quaternary nitrogens is 1. The van der Waals surface area contributed by atoms with Crippen molar-refractivity contribution in [1.82, 2.24) is 0 Å². The number of carbonyl (C=O) groups is 1. The monoisotopic (exact) mass is 243 g/mol. The maximum absolute atomic E-state index is 11.9. The molecule has 0 radical (unpaired) electrons. The fourth-order valence-corrected chi connectivity index (χ4v) is 2.44. The lowest BCUT2D eigenvalue weighted by atomic mass is 10.3. The third kappa shape index (κ3) is 2.00. The Kier molecular flexibility index (Phi) is 2.51. The van der Waals surface area contributed by atoms with Crippen molar-refractivity contribution in [2.45, 2.75) is 0 Å². The van der Waals surface area contributed by atoms with Crippen LogP contribution in [0.4, 0.5) is 11.4 Å². The van der Waals surface area contributed by atoms with E-state index in [-0.39, 0.29) is 5.78 Å². The number of nitrogens with one attached hydrogen (secondary N) is 1. The third-order valence-electron chi connectivity index (χ3n) is 2.60. The molecule has 2 aromatic rings. The molecule has 4 heteroatoms. The molecule has 1 aromatic heterocycles. The number of hydrogen-bond acceptors (Lipinski definition) is 3. The molecule has 17 heavy (non-hydrogen) atoms. The number of nitrogens with two attached hydrogens (primary N) is 1. The molecular weight excluding hydrogens is 232 g/mol. The van der Waals surface area contributed by atoms with E-state index in [1.807, 2.05) is 47.1 Å². The van der Waals surface area contributed by atoms with Crippen molar-refractivity contribution in [3.05, 3.63) is 58.6 Å². The SMILES string of the molecule is O=C(/C=C1\Nc2ccccc2[NH2+]1)c1cccs1. The molecule has 2 heterocycles. The minimum atomic E-state index is 0.0477. The summed E-state index contributed by atoms with van der Waals surface area (Å²) in [5, 5.41) is 7.11. The number of thiophene rings is 1. The lowest BCUT2D eigenvalue weighted by Crippen LogP contribution is -2.74. The van der Waals surface area contributed by atoms with Gasteiger partial charge in [0.1, 0.15) is 5.69 Å². The van der Waals surface area contributed by atoms with Crippen molar-refractivity contribution in [3.63, 3.8) is 0 Å². The molecule has 0 spiro atoms. The first-order valence-corrected chi connectivity index (χ1v) is 6.21. The largest absolute Gasteiger partial charge is 0.305 e. The summed E-state index contributed by atoms with van der Waals surface area (Å²) in [6.45, 7) is 0. The number of anilines is 1. The predicted molar refractivity (Wildman–Crippen MR) is 68.4 cm³/mol. The van der Waals surface area contributed by atoms with Crippen LogP contribution in [0.15, 0.2) is 53.7 Å². The van der Waals surface area contributed by atoms with Gasteiger partial charge in [-0.05, 0) is 17.5 Å². The zero-order valence-electron chi connectivity index (χ0n) is 9.01. The van der Waals surface area contributed by atoms with Crippen LogP contribution >= 0.6 is 11.3 Å². The van der Waals surface area contributed by atoms with E-state index in [1.54, 1.807) is 6.08 Å². The van der Waals surface area contributed by atoms with Crippen LogP contribution in [0.3, 0.4) is 0 Å². The normalized spacial score (nSPS) is 15.6. The van der Waals surface area contributed by atoms with E-state index in [2.05, 4.69) is 5.32 Å². The number of hydrogen-bond donors (Lipinski definition) is 2. The topological polar surface area (TPSA) is 45.7 Å². The molecule has 0 bridgehead atoms. The van der Waals surface area contributed by atoms with Crippen LogP contribution in [0, 0.1) is 0 Å². The fraction of sp³-hybridized carbons (Fsp3) is 0. The summed E-state index contributed by atoms with van der Waals surface area (Å²) in [6.07, 6.45) is 1.64. The summed E-state index contributed by atoms with van der Waals surface area (Å²) in [5.41, 5.74) is 2.18. The van der Waals surface area contributed by atoms with Gasteiger partial charge in [0.25, 0.3) is 0 Å². The minimum Gasteiger partial charge on any atom is -0.305 e. The van der Waals surface area contributed by atoms with E-state index < -0.39 is 0 Å². The Labute approximate surface area is 103 Å². The molecule has 0 saturated heterocycles. The Bertz CT molecular complexity index is 560. The number of rotatable bonds is 2. The number of fused-ring (bicyclic) bond motifs is 1. The van der Waals surface area contributed by atoms with Crippen molar-refractivity contribution in [2.24, 2.45) is 0 Å². The first kappa shape index (κ1) is 10.3.